The van der Waals surface area contributed by atoms with Crippen LogP contribution in [-0.4, -0.2) is 38.4 Å². The normalized spacial score (nSPS) is 13.4. The van der Waals surface area contributed by atoms with E-state index in [0.717, 1.165) is 5.56 Å². The van der Waals surface area contributed by atoms with E-state index in [0.29, 0.717) is 0 Å². The van der Waals surface area contributed by atoms with Crippen LogP contribution in [0.25, 0.3) is 0 Å². The lowest BCUT2D eigenvalue weighted by Gasteiger charge is -2.12. The molecule has 6 heteroatoms. The van der Waals surface area contributed by atoms with Crippen LogP contribution in [0.2, 0.25) is 0 Å². The van der Waals surface area contributed by atoms with E-state index in [1.807, 2.05) is 30.3 Å². The molecule has 22 heavy (non-hydrogen) atoms. The van der Waals surface area contributed by atoms with E-state index < -0.39 is 18.2 Å². The number of carbonyl (C=O) groups excluding carboxylic acids is 2. The zero-order valence-corrected chi connectivity index (χ0v) is 12.9. The van der Waals surface area contributed by atoms with Gasteiger partial charge < -0.3 is 19.5 Å². The lowest BCUT2D eigenvalue weighted by molar-refractivity contribution is -0.149. The summed E-state index contributed by atoms with van der Waals surface area (Å²) in [6, 6.07) is 9.07. The van der Waals surface area contributed by atoms with Gasteiger partial charge >= 0.3 is 12.1 Å². The minimum Gasteiger partial charge on any atom is -0.467 e. The molecule has 1 rings (SSSR count). The van der Waals surface area contributed by atoms with E-state index >= 15 is 0 Å². The molecule has 2 atom stereocenters. The van der Waals surface area contributed by atoms with E-state index in [-0.39, 0.29) is 12.6 Å². The number of hydrogen-bond donors (Lipinski definition) is 1. The van der Waals surface area contributed by atoms with Crippen LogP contribution in [-0.2, 0) is 25.6 Å². The van der Waals surface area contributed by atoms with Crippen LogP contribution in [0, 0.1) is 0 Å². The standard InChI is InChI=1S/C16H21NO5/c1-12(9-10-14(20-2)15(18)21-3)17-16(19)22-11-13-7-5-4-6-8-13/h4-10,12,14H,11H2,1-3H3,(H,17,19)/b10-9+/t12-,14-/m0/s1. The molecule has 0 spiro atoms. The Bertz CT molecular complexity index is 501. The highest BCUT2D eigenvalue weighted by atomic mass is 16.6. The summed E-state index contributed by atoms with van der Waals surface area (Å²) in [5.41, 5.74) is 0.908. The van der Waals surface area contributed by atoms with Crippen molar-refractivity contribution in [2.75, 3.05) is 14.2 Å². The Hall–Kier alpha value is -2.34. The fourth-order valence-corrected chi connectivity index (χ4v) is 1.64. The van der Waals surface area contributed by atoms with Crippen molar-refractivity contribution < 1.29 is 23.8 Å². The second kappa shape index (κ2) is 9.57. The first-order valence-corrected chi connectivity index (χ1v) is 6.83. The lowest BCUT2D eigenvalue weighted by Crippen LogP contribution is -2.32. The van der Waals surface area contributed by atoms with Crippen molar-refractivity contribution in [2.24, 2.45) is 0 Å². The summed E-state index contributed by atoms with van der Waals surface area (Å²) in [4.78, 5) is 23.0. The number of hydrogen-bond acceptors (Lipinski definition) is 5. The Labute approximate surface area is 130 Å². The molecule has 0 radical (unpaired) electrons. The molecule has 0 saturated heterocycles. The third kappa shape index (κ3) is 6.41. The van der Waals surface area contributed by atoms with Crippen molar-refractivity contribution in [3.05, 3.63) is 48.0 Å². The Morgan fingerprint density at radius 1 is 1.18 bits per heavy atom. The van der Waals surface area contributed by atoms with Crippen LogP contribution < -0.4 is 5.32 Å². The summed E-state index contributed by atoms with van der Waals surface area (Å²) in [7, 11) is 2.68. The molecule has 6 nitrogen and oxygen atoms in total. The number of rotatable bonds is 7. The van der Waals surface area contributed by atoms with Gasteiger partial charge in [-0.1, -0.05) is 36.4 Å². The first-order chi connectivity index (χ1) is 10.6. The molecule has 0 bridgehead atoms. The Morgan fingerprint density at radius 3 is 2.45 bits per heavy atom. The average Bonchev–Trinajstić information content (AvgIpc) is 2.54. The van der Waals surface area contributed by atoms with E-state index in [1.54, 1.807) is 13.0 Å². The number of esters is 1. The molecule has 0 aliphatic rings. The molecular weight excluding hydrogens is 286 g/mol. The SMILES string of the molecule is COC(=O)[C@H](/C=C/[C@H](C)NC(=O)OCc1ccccc1)OC. The number of amides is 1. The fourth-order valence-electron chi connectivity index (χ4n) is 1.64. The maximum Gasteiger partial charge on any atom is 0.407 e. The van der Waals surface area contributed by atoms with Gasteiger partial charge in [0.1, 0.15) is 6.61 Å². The van der Waals surface area contributed by atoms with Crippen molar-refractivity contribution in [1.29, 1.82) is 0 Å². The van der Waals surface area contributed by atoms with Crippen molar-refractivity contribution >= 4 is 12.1 Å². The van der Waals surface area contributed by atoms with Gasteiger partial charge in [-0.3, -0.25) is 0 Å². The molecule has 1 N–H and O–H groups in total. The van der Waals surface area contributed by atoms with E-state index in [1.165, 1.54) is 20.3 Å². The minimum absolute atomic E-state index is 0.200. The van der Waals surface area contributed by atoms with Gasteiger partial charge in [-0.2, -0.15) is 0 Å². The number of ether oxygens (including phenoxy) is 3. The van der Waals surface area contributed by atoms with Crippen molar-refractivity contribution in [3.63, 3.8) is 0 Å². The van der Waals surface area contributed by atoms with E-state index in [9.17, 15) is 9.59 Å². The molecule has 0 fully saturated rings. The van der Waals surface area contributed by atoms with Crippen LogP contribution in [0.5, 0.6) is 0 Å². The lowest BCUT2D eigenvalue weighted by atomic mass is 10.2. The van der Waals surface area contributed by atoms with Gasteiger partial charge in [-0.05, 0) is 18.6 Å². The Kier molecular flexibility index (Phi) is 7.70. The predicted octanol–water partition coefficient (Wildman–Crippen LogP) is 2.05. The van der Waals surface area contributed by atoms with Gasteiger partial charge in [0, 0.05) is 13.2 Å². The third-order valence-corrected chi connectivity index (χ3v) is 2.82. The molecule has 1 amide bonds. The number of alkyl carbamates (subject to hydrolysis) is 1. The molecule has 0 heterocycles. The Balaban J connectivity index is 2.38. The molecule has 1 aromatic rings. The third-order valence-electron chi connectivity index (χ3n) is 2.82. The summed E-state index contributed by atoms with van der Waals surface area (Å²) < 4.78 is 14.6. The summed E-state index contributed by atoms with van der Waals surface area (Å²) in [6.45, 7) is 1.95. The van der Waals surface area contributed by atoms with Crippen molar-refractivity contribution in [2.45, 2.75) is 25.7 Å². The van der Waals surface area contributed by atoms with Crippen LogP contribution >= 0.6 is 0 Å². The minimum atomic E-state index is -0.797. The number of carbonyl (C=O) groups is 2. The van der Waals surface area contributed by atoms with Gasteiger partial charge in [0.05, 0.1) is 7.11 Å². The first kappa shape index (κ1) is 17.7. The van der Waals surface area contributed by atoms with Crippen LogP contribution in [0.1, 0.15) is 12.5 Å². The maximum absolute atomic E-state index is 11.6. The average molecular weight is 307 g/mol. The van der Waals surface area contributed by atoms with Crippen molar-refractivity contribution in [1.82, 2.24) is 5.32 Å². The second-order valence-electron chi connectivity index (χ2n) is 4.56. The highest BCUT2D eigenvalue weighted by molar-refractivity contribution is 5.76. The van der Waals surface area contributed by atoms with Gasteiger partial charge in [0.25, 0.3) is 0 Å². The summed E-state index contributed by atoms with van der Waals surface area (Å²) in [5, 5.41) is 2.63. The number of benzene rings is 1. The highest BCUT2D eigenvalue weighted by Crippen LogP contribution is 2.01. The zero-order valence-electron chi connectivity index (χ0n) is 12.9. The maximum atomic E-state index is 11.6. The molecule has 0 aromatic heterocycles. The molecule has 120 valence electrons. The zero-order chi connectivity index (χ0) is 16.4. The molecule has 0 aliphatic carbocycles. The predicted molar refractivity (Wildman–Crippen MR) is 81.2 cm³/mol. The van der Waals surface area contributed by atoms with Gasteiger partial charge in [0.2, 0.25) is 0 Å². The summed E-state index contributed by atoms with van der Waals surface area (Å²) in [5.74, 6) is -0.502. The summed E-state index contributed by atoms with van der Waals surface area (Å²) in [6.07, 6.45) is 1.82. The largest absolute Gasteiger partial charge is 0.467 e. The van der Waals surface area contributed by atoms with Crippen LogP contribution in [0.4, 0.5) is 4.79 Å². The number of nitrogens with one attached hydrogen (secondary N) is 1. The van der Waals surface area contributed by atoms with E-state index in [2.05, 4.69) is 10.1 Å². The van der Waals surface area contributed by atoms with Gasteiger partial charge in [-0.25, -0.2) is 9.59 Å². The van der Waals surface area contributed by atoms with E-state index in [4.69, 9.17) is 9.47 Å². The summed E-state index contributed by atoms with van der Waals surface area (Å²) >= 11 is 0. The van der Waals surface area contributed by atoms with Crippen LogP contribution in [0.15, 0.2) is 42.5 Å². The molecular formula is C16H21NO5. The number of methoxy groups -OCH3 is 2. The molecule has 1 aromatic carbocycles. The smallest absolute Gasteiger partial charge is 0.407 e. The molecule has 0 unspecified atom stereocenters. The second-order valence-corrected chi connectivity index (χ2v) is 4.56. The quantitative estimate of drug-likeness (QED) is 0.616. The van der Waals surface area contributed by atoms with Crippen molar-refractivity contribution in [3.8, 4) is 0 Å². The molecule has 0 saturated carbocycles. The fraction of sp³-hybridized carbons (Fsp3) is 0.375. The molecule has 0 aliphatic heterocycles. The van der Waals surface area contributed by atoms with Crippen LogP contribution in [0.3, 0.4) is 0 Å². The highest BCUT2D eigenvalue weighted by Gasteiger charge is 2.15. The topological polar surface area (TPSA) is 73.9 Å². The Morgan fingerprint density at radius 2 is 1.86 bits per heavy atom. The van der Waals surface area contributed by atoms with Gasteiger partial charge in [-0.15, -0.1) is 0 Å². The monoisotopic (exact) mass is 307 g/mol. The first-order valence-electron chi connectivity index (χ1n) is 6.83. The van der Waals surface area contributed by atoms with Gasteiger partial charge in [0.15, 0.2) is 6.10 Å².